The first-order valence-electron chi connectivity index (χ1n) is 10.2. The highest BCUT2D eigenvalue weighted by molar-refractivity contribution is 8.00. The molecule has 0 radical (unpaired) electrons. The van der Waals surface area contributed by atoms with E-state index in [1.54, 1.807) is 25.1 Å². The molecule has 2 unspecified atom stereocenters. The maximum atomic E-state index is 13.4. The second-order valence-electron chi connectivity index (χ2n) is 8.31. The summed E-state index contributed by atoms with van der Waals surface area (Å²) >= 11 is 1.46. The minimum Gasteiger partial charge on any atom is -0.307 e. The van der Waals surface area contributed by atoms with E-state index in [1.807, 2.05) is 6.92 Å². The van der Waals surface area contributed by atoms with Crippen LogP contribution in [-0.2, 0) is 22.6 Å². The largest absolute Gasteiger partial charge is 0.416 e. The number of benzene rings is 2. The molecule has 2 atom stereocenters. The summed E-state index contributed by atoms with van der Waals surface area (Å²) in [6.45, 7) is 4.08. The van der Waals surface area contributed by atoms with Gasteiger partial charge in [-0.15, -0.1) is 11.8 Å². The molecule has 4 rings (SSSR count). The van der Waals surface area contributed by atoms with Crippen LogP contribution in [0.3, 0.4) is 0 Å². The van der Waals surface area contributed by atoms with Crippen LogP contribution in [0.2, 0.25) is 0 Å². The van der Waals surface area contributed by atoms with Gasteiger partial charge < -0.3 is 4.90 Å². The SMILES string of the molecule is CC1CCN(C(=O)c2ccc3c(c2)CC(C)N3S(C)(=O)=O)c2cc(C(F)(F)F)ccc2S1. The number of anilines is 2. The van der Waals surface area contributed by atoms with Crippen molar-refractivity contribution in [3.05, 3.63) is 53.1 Å². The lowest BCUT2D eigenvalue weighted by molar-refractivity contribution is -0.137. The fourth-order valence-corrected chi connectivity index (χ4v) is 6.68. The van der Waals surface area contributed by atoms with Crippen LogP contribution in [0.1, 0.15) is 41.8 Å². The van der Waals surface area contributed by atoms with Crippen LogP contribution in [0.5, 0.6) is 0 Å². The molecule has 172 valence electrons. The molecule has 0 fully saturated rings. The molecule has 0 N–H and O–H groups in total. The first-order chi connectivity index (χ1) is 14.9. The predicted molar refractivity (Wildman–Crippen MR) is 120 cm³/mol. The summed E-state index contributed by atoms with van der Waals surface area (Å²) in [5, 5.41) is 0.146. The number of thioether (sulfide) groups is 1. The molecule has 2 aliphatic rings. The van der Waals surface area contributed by atoms with Crippen LogP contribution < -0.4 is 9.21 Å². The van der Waals surface area contributed by atoms with E-state index in [-0.39, 0.29) is 17.0 Å². The number of alkyl halides is 3. The third-order valence-corrected chi connectivity index (χ3v) is 8.25. The maximum Gasteiger partial charge on any atom is 0.416 e. The Labute approximate surface area is 189 Å². The molecule has 2 aliphatic heterocycles. The zero-order valence-electron chi connectivity index (χ0n) is 17.8. The van der Waals surface area contributed by atoms with E-state index in [1.165, 1.54) is 27.0 Å². The smallest absolute Gasteiger partial charge is 0.307 e. The quantitative estimate of drug-likeness (QED) is 0.606. The van der Waals surface area contributed by atoms with Crippen LogP contribution in [0, 0.1) is 0 Å². The molecule has 1 amide bonds. The van der Waals surface area contributed by atoms with Crippen LogP contribution in [-0.4, -0.2) is 38.4 Å². The average molecular weight is 485 g/mol. The number of sulfonamides is 1. The Kier molecular flexibility index (Phi) is 5.73. The Morgan fingerprint density at radius 1 is 1.09 bits per heavy atom. The topological polar surface area (TPSA) is 57.7 Å². The van der Waals surface area contributed by atoms with E-state index in [0.29, 0.717) is 35.5 Å². The third kappa shape index (κ3) is 4.22. The number of rotatable bonds is 2. The van der Waals surface area contributed by atoms with Crippen molar-refractivity contribution in [3.8, 4) is 0 Å². The summed E-state index contributed by atoms with van der Waals surface area (Å²) < 4.78 is 65.7. The highest BCUT2D eigenvalue weighted by Crippen LogP contribution is 2.42. The second kappa shape index (κ2) is 7.98. The number of hydrogen-bond donors (Lipinski definition) is 0. The number of nitrogens with zero attached hydrogens (tertiary/aromatic N) is 2. The number of carbonyl (C=O) groups is 1. The summed E-state index contributed by atoms with van der Waals surface area (Å²) in [5.74, 6) is -0.395. The molecule has 5 nitrogen and oxygen atoms in total. The van der Waals surface area contributed by atoms with Crippen LogP contribution in [0.25, 0.3) is 0 Å². The van der Waals surface area contributed by atoms with E-state index >= 15 is 0 Å². The predicted octanol–water partition coefficient (Wildman–Crippen LogP) is 4.95. The molecule has 32 heavy (non-hydrogen) atoms. The van der Waals surface area contributed by atoms with Crippen molar-refractivity contribution < 1.29 is 26.4 Å². The van der Waals surface area contributed by atoms with Gasteiger partial charge in [0.05, 0.1) is 23.2 Å². The molecule has 2 heterocycles. The van der Waals surface area contributed by atoms with Gasteiger partial charge in [0.1, 0.15) is 0 Å². The molecule has 0 aromatic heterocycles. The normalized spacial score (nSPS) is 21.2. The number of hydrogen-bond acceptors (Lipinski definition) is 4. The monoisotopic (exact) mass is 484 g/mol. The van der Waals surface area contributed by atoms with Crippen molar-refractivity contribution in [2.45, 2.75) is 49.1 Å². The minimum atomic E-state index is -4.51. The first-order valence-corrected chi connectivity index (χ1v) is 12.9. The Morgan fingerprint density at radius 2 is 1.81 bits per heavy atom. The molecule has 0 saturated heterocycles. The van der Waals surface area contributed by atoms with Crippen LogP contribution >= 0.6 is 11.8 Å². The van der Waals surface area contributed by atoms with Gasteiger partial charge in [-0.25, -0.2) is 8.42 Å². The van der Waals surface area contributed by atoms with Crippen LogP contribution in [0.4, 0.5) is 24.5 Å². The maximum absolute atomic E-state index is 13.4. The van der Waals surface area contributed by atoms with Gasteiger partial charge >= 0.3 is 6.18 Å². The van der Waals surface area contributed by atoms with Gasteiger partial charge in [-0.1, -0.05) is 6.92 Å². The Hall–Kier alpha value is -2.20. The van der Waals surface area contributed by atoms with E-state index in [9.17, 15) is 26.4 Å². The van der Waals surface area contributed by atoms with Gasteiger partial charge in [0.15, 0.2) is 0 Å². The first kappa shape index (κ1) is 23.0. The Bertz CT molecular complexity index is 1180. The highest BCUT2D eigenvalue weighted by atomic mass is 32.2. The number of halogens is 3. The van der Waals surface area contributed by atoms with Gasteiger partial charge in [-0.05, 0) is 61.7 Å². The van der Waals surface area contributed by atoms with E-state index < -0.39 is 27.7 Å². The van der Waals surface area contributed by atoms with Crippen molar-refractivity contribution in [2.24, 2.45) is 0 Å². The molecule has 10 heteroatoms. The summed E-state index contributed by atoms with van der Waals surface area (Å²) in [6, 6.07) is 8.06. The van der Waals surface area contributed by atoms with Gasteiger partial charge in [0.25, 0.3) is 5.91 Å². The average Bonchev–Trinajstić information content (AvgIpc) is 2.93. The fraction of sp³-hybridized carbons (Fsp3) is 0.409. The van der Waals surface area contributed by atoms with Gasteiger partial charge in [0.2, 0.25) is 10.0 Å². The summed E-state index contributed by atoms with van der Waals surface area (Å²) in [5.41, 5.74) is 1.06. The fourth-order valence-electron chi connectivity index (χ4n) is 4.32. The van der Waals surface area contributed by atoms with Gasteiger partial charge in [0, 0.05) is 28.3 Å². The Balaban J connectivity index is 1.74. The summed E-state index contributed by atoms with van der Waals surface area (Å²) in [7, 11) is -3.46. The van der Waals surface area contributed by atoms with Crippen molar-refractivity contribution in [2.75, 3.05) is 22.0 Å². The van der Waals surface area contributed by atoms with Crippen molar-refractivity contribution in [3.63, 3.8) is 0 Å². The molecule has 0 bridgehead atoms. The molecular weight excluding hydrogens is 461 g/mol. The molecular formula is C22H23F3N2O3S2. The number of amides is 1. The van der Waals surface area contributed by atoms with E-state index in [4.69, 9.17) is 0 Å². The lowest BCUT2D eigenvalue weighted by atomic mass is 10.1. The van der Waals surface area contributed by atoms with Crippen LogP contribution in [0.15, 0.2) is 41.3 Å². The highest BCUT2D eigenvalue weighted by Gasteiger charge is 2.35. The molecule has 0 saturated carbocycles. The standard InChI is InChI=1S/C22H23F3N2O3S2/c1-13-10-16-11-15(4-6-18(16)27(13)32(3,29)30)21(28)26-9-8-14(2)31-20-7-5-17(12-19(20)26)22(23,24)25/h4-7,11-14H,8-10H2,1-3H3. The summed E-state index contributed by atoms with van der Waals surface area (Å²) in [4.78, 5) is 15.5. The minimum absolute atomic E-state index is 0.146. The van der Waals surface area contributed by atoms with Crippen molar-refractivity contribution in [1.29, 1.82) is 0 Å². The van der Waals surface area contributed by atoms with Crippen molar-refractivity contribution >= 4 is 39.1 Å². The molecule has 0 spiro atoms. The zero-order chi connectivity index (χ0) is 23.4. The van der Waals surface area contributed by atoms with Gasteiger partial charge in [-0.2, -0.15) is 13.2 Å². The lowest BCUT2D eigenvalue weighted by Gasteiger charge is -2.24. The number of carbonyl (C=O) groups excluding carboxylic acids is 1. The Morgan fingerprint density at radius 3 is 2.47 bits per heavy atom. The number of fused-ring (bicyclic) bond motifs is 2. The third-order valence-electron chi connectivity index (χ3n) is 5.75. The zero-order valence-corrected chi connectivity index (χ0v) is 19.4. The lowest BCUT2D eigenvalue weighted by Crippen LogP contribution is -2.34. The van der Waals surface area contributed by atoms with E-state index in [2.05, 4.69) is 0 Å². The van der Waals surface area contributed by atoms with E-state index in [0.717, 1.165) is 24.0 Å². The van der Waals surface area contributed by atoms with Gasteiger partial charge in [-0.3, -0.25) is 9.10 Å². The molecule has 2 aromatic carbocycles. The molecule has 2 aromatic rings. The van der Waals surface area contributed by atoms with Crippen molar-refractivity contribution in [1.82, 2.24) is 0 Å². The molecule has 0 aliphatic carbocycles. The second-order valence-corrected chi connectivity index (χ2v) is 11.6. The summed E-state index contributed by atoms with van der Waals surface area (Å²) in [6.07, 6.45) is -2.27.